The molecule has 0 aliphatic carbocycles. The van der Waals surface area contributed by atoms with Crippen molar-refractivity contribution in [2.75, 3.05) is 13.2 Å². The van der Waals surface area contributed by atoms with Crippen molar-refractivity contribution < 1.29 is 9.47 Å². The fourth-order valence-corrected chi connectivity index (χ4v) is 2.60. The third-order valence-corrected chi connectivity index (χ3v) is 4.35. The van der Waals surface area contributed by atoms with Crippen LogP contribution < -0.4 is 9.47 Å². The van der Waals surface area contributed by atoms with Crippen molar-refractivity contribution in [2.24, 2.45) is 0 Å². The highest BCUT2D eigenvalue weighted by atomic mass is 16.5. The normalized spacial score (nSPS) is 11.8. The molecule has 0 aromatic heterocycles. The first-order valence-electron chi connectivity index (χ1n) is 10.3. The maximum atomic E-state index is 5.85. The van der Waals surface area contributed by atoms with Gasteiger partial charge in [-0.3, -0.25) is 0 Å². The van der Waals surface area contributed by atoms with Crippen LogP contribution in [0.25, 0.3) is 0 Å². The van der Waals surface area contributed by atoms with E-state index >= 15 is 0 Å². The molecule has 0 amide bonds. The predicted octanol–water partition coefficient (Wildman–Crippen LogP) is 7.83. The van der Waals surface area contributed by atoms with Gasteiger partial charge in [0.15, 0.2) is 0 Å². The molecule has 1 rings (SSSR count). The molecule has 0 fully saturated rings. The molecule has 2 nitrogen and oxygen atoms in total. The molecule has 0 radical (unpaired) electrons. The van der Waals surface area contributed by atoms with Crippen LogP contribution in [0.3, 0.4) is 0 Å². The first kappa shape index (κ1) is 23.8. The molecule has 0 bridgehead atoms. The monoisotopic (exact) mass is 382 g/mol. The lowest BCUT2D eigenvalue weighted by atomic mass is 10.1. The molecule has 0 aliphatic rings. The number of rotatable bonds is 12. The van der Waals surface area contributed by atoms with Crippen molar-refractivity contribution >= 4 is 0 Å². The van der Waals surface area contributed by atoms with E-state index in [9.17, 15) is 0 Å². The Morgan fingerprint density at radius 1 is 0.679 bits per heavy atom. The zero-order chi connectivity index (χ0) is 20.8. The Kier molecular flexibility index (Phi) is 11.8. The summed E-state index contributed by atoms with van der Waals surface area (Å²) in [4.78, 5) is 0. The first-order valence-corrected chi connectivity index (χ1v) is 10.3. The molecule has 0 N–H and O–H groups in total. The van der Waals surface area contributed by atoms with Crippen LogP contribution in [0, 0.1) is 0 Å². The van der Waals surface area contributed by atoms with Gasteiger partial charge in [-0.15, -0.1) is 0 Å². The summed E-state index contributed by atoms with van der Waals surface area (Å²) in [5.41, 5.74) is 5.47. The van der Waals surface area contributed by atoms with Gasteiger partial charge in [0, 0.05) is 6.07 Å². The summed E-state index contributed by atoms with van der Waals surface area (Å²) >= 11 is 0. The first-order chi connectivity index (χ1) is 13.4. The topological polar surface area (TPSA) is 18.5 Å². The van der Waals surface area contributed by atoms with Gasteiger partial charge in [0.2, 0.25) is 0 Å². The van der Waals surface area contributed by atoms with E-state index in [1.165, 1.54) is 22.3 Å². The fourth-order valence-electron chi connectivity index (χ4n) is 2.60. The number of hydrogen-bond acceptors (Lipinski definition) is 2. The Hall–Kier alpha value is -2.22. The molecule has 0 saturated heterocycles. The van der Waals surface area contributed by atoms with E-state index in [-0.39, 0.29) is 0 Å². The quantitative estimate of drug-likeness (QED) is 0.343. The molecule has 0 spiro atoms. The summed E-state index contributed by atoms with van der Waals surface area (Å²) in [5.74, 6) is 1.69. The Bertz CT molecular complexity index is 640. The van der Waals surface area contributed by atoms with E-state index in [2.05, 4.69) is 65.8 Å². The maximum absolute atomic E-state index is 5.85. The minimum Gasteiger partial charge on any atom is -0.489 e. The number of allylic oxidation sites excluding steroid dienone is 6. The van der Waals surface area contributed by atoms with Crippen LogP contribution in [0.1, 0.15) is 67.2 Å². The van der Waals surface area contributed by atoms with Crippen molar-refractivity contribution in [1.82, 2.24) is 0 Å². The summed E-state index contributed by atoms with van der Waals surface area (Å²) < 4.78 is 11.7. The van der Waals surface area contributed by atoms with Crippen LogP contribution in [0.2, 0.25) is 0 Å². The molecule has 2 heteroatoms. The highest BCUT2D eigenvalue weighted by Crippen LogP contribution is 2.20. The molecule has 1 aromatic carbocycles. The second kappa shape index (κ2) is 13.9. The Morgan fingerprint density at radius 3 is 1.50 bits per heavy atom. The van der Waals surface area contributed by atoms with Gasteiger partial charge in [-0.1, -0.05) is 40.5 Å². The van der Waals surface area contributed by atoms with E-state index in [1.807, 2.05) is 24.3 Å². The van der Waals surface area contributed by atoms with Gasteiger partial charge in [-0.05, 0) is 91.5 Å². The van der Waals surface area contributed by atoms with Crippen LogP contribution in [0.4, 0.5) is 0 Å². The van der Waals surface area contributed by atoms with Crippen molar-refractivity contribution in [3.8, 4) is 11.5 Å². The third kappa shape index (κ3) is 12.2. The average molecular weight is 383 g/mol. The lowest BCUT2D eigenvalue weighted by Crippen LogP contribution is -1.97. The van der Waals surface area contributed by atoms with Gasteiger partial charge in [0.05, 0.1) is 0 Å². The van der Waals surface area contributed by atoms with E-state index in [0.29, 0.717) is 13.2 Å². The minimum absolute atomic E-state index is 0.591. The summed E-state index contributed by atoms with van der Waals surface area (Å²) in [5, 5.41) is 0. The minimum atomic E-state index is 0.591. The lowest BCUT2D eigenvalue weighted by Gasteiger charge is -2.08. The average Bonchev–Trinajstić information content (AvgIpc) is 2.61. The second-order valence-electron chi connectivity index (χ2n) is 7.84. The largest absolute Gasteiger partial charge is 0.489 e. The molecule has 0 unspecified atom stereocenters. The number of benzene rings is 1. The van der Waals surface area contributed by atoms with Gasteiger partial charge < -0.3 is 9.47 Å². The van der Waals surface area contributed by atoms with E-state index < -0.39 is 0 Å². The molecule has 0 heterocycles. The van der Waals surface area contributed by atoms with Gasteiger partial charge >= 0.3 is 0 Å². The Morgan fingerprint density at radius 2 is 1.11 bits per heavy atom. The highest BCUT2D eigenvalue weighted by Gasteiger charge is 1.98. The van der Waals surface area contributed by atoms with Crippen LogP contribution in [-0.4, -0.2) is 13.2 Å². The van der Waals surface area contributed by atoms with Crippen LogP contribution in [-0.2, 0) is 0 Å². The number of hydrogen-bond donors (Lipinski definition) is 0. The summed E-state index contributed by atoms with van der Waals surface area (Å²) in [6.45, 7) is 14.1. The summed E-state index contributed by atoms with van der Waals surface area (Å²) in [7, 11) is 0. The SMILES string of the molecule is CC(C)=CCCC(C)=CCOc1cccc(OCC=C(C)CCC=C(C)C)c1. The van der Waals surface area contributed by atoms with Gasteiger partial charge in [-0.25, -0.2) is 0 Å². The zero-order valence-corrected chi connectivity index (χ0v) is 18.7. The second-order valence-corrected chi connectivity index (χ2v) is 7.84. The standard InChI is InChI=1S/C26H38O2/c1-21(2)10-7-12-23(5)16-18-27-25-14-9-15-26(20-25)28-19-17-24(6)13-8-11-22(3)4/h9-11,14-17,20H,7-8,12-13,18-19H2,1-6H3. The van der Waals surface area contributed by atoms with E-state index in [4.69, 9.17) is 9.47 Å². The van der Waals surface area contributed by atoms with Crippen molar-refractivity contribution in [3.05, 3.63) is 70.9 Å². The van der Waals surface area contributed by atoms with Crippen LogP contribution in [0.15, 0.2) is 70.9 Å². The lowest BCUT2D eigenvalue weighted by molar-refractivity contribution is 0.343. The predicted molar refractivity (Wildman–Crippen MR) is 122 cm³/mol. The molecule has 28 heavy (non-hydrogen) atoms. The van der Waals surface area contributed by atoms with E-state index in [1.54, 1.807) is 0 Å². The number of ether oxygens (including phenoxy) is 2. The van der Waals surface area contributed by atoms with Crippen molar-refractivity contribution in [3.63, 3.8) is 0 Å². The molecule has 0 atom stereocenters. The molecule has 0 aliphatic heterocycles. The van der Waals surface area contributed by atoms with Crippen molar-refractivity contribution in [1.29, 1.82) is 0 Å². The third-order valence-electron chi connectivity index (χ3n) is 4.35. The summed E-state index contributed by atoms with van der Waals surface area (Å²) in [6.07, 6.45) is 13.2. The van der Waals surface area contributed by atoms with Crippen LogP contribution >= 0.6 is 0 Å². The van der Waals surface area contributed by atoms with Gasteiger partial charge in [0.1, 0.15) is 24.7 Å². The molecule has 154 valence electrons. The van der Waals surface area contributed by atoms with Crippen molar-refractivity contribution in [2.45, 2.75) is 67.2 Å². The maximum Gasteiger partial charge on any atom is 0.123 e. The van der Waals surface area contributed by atoms with Gasteiger partial charge in [0.25, 0.3) is 0 Å². The van der Waals surface area contributed by atoms with Crippen LogP contribution in [0.5, 0.6) is 11.5 Å². The molecular weight excluding hydrogens is 344 g/mol. The highest BCUT2D eigenvalue weighted by molar-refractivity contribution is 5.33. The zero-order valence-electron chi connectivity index (χ0n) is 18.7. The van der Waals surface area contributed by atoms with E-state index in [0.717, 1.165) is 37.2 Å². The molecular formula is C26H38O2. The Balaban J connectivity index is 2.41. The smallest absolute Gasteiger partial charge is 0.123 e. The fraction of sp³-hybridized carbons (Fsp3) is 0.462. The summed E-state index contributed by atoms with van der Waals surface area (Å²) in [6, 6.07) is 7.87. The van der Waals surface area contributed by atoms with Gasteiger partial charge in [-0.2, -0.15) is 0 Å². The molecule has 1 aromatic rings. The molecule has 0 saturated carbocycles. The Labute approximate surface area is 172 Å².